The Morgan fingerprint density at radius 2 is 1.97 bits per heavy atom. The summed E-state index contributed by atoms with van der Waals surface area (Å²) in [6.45, 7) is 6.66. The quantitative estimate of drug-likeness (QED) is 0.320. The molecule has 0 fully saturated rings. The lowest BCUT2D eigenvalue weighted by atomic mass is 10.2. The van der Waals surface area contributed by atoms with Crippen LogP contribution in [0.5, 0.6) is 0 Å². The summed E-state index contributed by atoms with van der Waals surface area (Å²) >= 11 is 2.61. The Kier molecular flexibility index (Phi) is 7.28. The van der Waals surface area contributed by atoms with Crippen molar-refractivity contribution in [1.29, 1.82) is 0 Å². The Hall–Kier alpha value is -2.65. The number of hydrogen-bond acceptors (Lipinski definition) is 7. The lowest BCUT2D eigenvalue weighted by molar-refractivity contribution is -0.113. The number of fused-ring (bicyclic) bond motifs is 1. The highest BCUT2D eigenvalue weighted by Crippen LogP contribution is 2.22. The summed E-state index contributed by atoms with van der Waals surface area (Å²) in [7, 11) is 0. The zero-order valence-corrected chi connectivity index (χ0v) is 18.6. The number of anilines is 1. The number of carbonyl (C=O) groups excluding carboxylic acids is 2. The van der Waals surface area contributed by atoms with Crippen LogP contribution in [0.3, 0.4) is 0 Å². The highest BCUT2D eigenvalue weighted by molar-refractivity contribution is 7.99. The third-order valence-electron chi connectivity index (χ3n) is 4.09. The fraction of sp³-hybridized carbons (Fsp3) is 0.333. The summed E-state index contributed by atoms with van der Waals surface area (Å²) in [5.74, 6) is -0.239. The molecule has 0 saturated heterocycles. The van der Waals surface area contributed by atoms with Gasteiger partial charge in [0.1, 0.15) is 4.70 Å². The SMILES string of the molecule is CCOC(=O)c1ccc(NC(=O)CSc2nc3ccsc3c(=O)n2CC(C)C)cc1. The van der Waals surface area contributed by atoms with E-state index in [2.05, 4.69) is 10.3 Å². The van der Waals surface area contributed by atoms with Crippen molar-refractivity contribution in [2.24, 2.45) is 5.92 Å². The number of thiophene rings is 1. The first-order valence-corrected chi connectivity index (χ1v) is 11.4. The molecule has 0 spiro atoms. The third kappa shape index (κ3) is 5.28. The van der Waals surface area contributed by atoms with Gasteiger partial charge in [-0.1, -0.05) is 25.6 Å². The number of aromatic nitrogens is 2. The lowest BCUT2D eigenvalue weighted by Gasteiger charge is -2.14. The first kappa shape index (κ1) is 22.0. The fourth-order valence-corrected chi connectivity index (χ4v) is 4.38. The van der Waals surface area contributed by atoms with Crippen LogP contribution >= 0.6 is 23.1 Å². The van der Waals surface area contributed by atoms with Crippen LogP contribution in [0.4, 0.5) is 5.69 Å². The number of hydrogen-bond donors (Lipinski definition) is 1. The van der Waals surface area contributed by atoms with Crippen molar-refractivity contribution >= 4 is 50.9 Å². The van der Waals surface area contributed by atoms with Crippen molar-refractivity contribution in [3.63, 3.8) is 0 Å². The number of nitrogens with one attached hydrogen (secondary N) is 1. The molecule has 0 radical (unpaired) electrons. The molecule has 1 N–H and O–H groups in total. The molecule has 158 valence electrons. The minimum atomic E-state index is -0.399. The molecule has 0 atom stereocenters. The van der Waals surface area contributed by atoms with Crippen LogP contribution in [0.1, 0.15) is 31.1 Å². The van der Waals surface area contributed by atoms with Gasteiger partial charge >= 0.3 is 5.97 Å². The maximum absolute atomic E-state index is 12.8. The van der Waals surface area contributed by atoms with Gasteiger partial charge in [0, 0.05) is 12.2 Å². The number of ether oxygens (including phenoxy) is 1. The molecule has 1 aromatic carbocycles. The summed E-state index contributed by atoms with van der Waals surface area (Å²) in [5, 5.41) is 5.17. The fourth-order valence-electron chi connectivity index (χ4n) is 2.79. The second kappa shape index (κ2) is 9.90. The molecule has 0 aliphatic carbocycles. The minimum Gasteiger partial charge on any atom is -0.462 e. The molecule has 3 aromatic rings. The largest absolute Gasteiger partial charge is 0.462 e. The van der Waals surface area contributed by atoms with Crippen LogP contribution in [-0.2, 0) is 16.1 Å². The van der Waals surface area contributed by atoms with Crippen LogP contribution in [0.15, 0.2) is 45.7 Å². The molecule has 0 aliphatic heterocycles. The van der Waals surface area contributed by atoms with Gasteiger partial charge in [0.25, 0.3) is 5.56 Å². The standard InChI is InChI=1S/C21H23N3O4S2/c1-4-28-20(27)14-5-7-15(8-6-14)22-17(25)12-30-21-23-16-9-10-29-18(16)19(26)24(21)11-13(2)3/h5-10,13H,4,11-12H2,1-3H3,(H,22,25). The van der Waals surface area contributed by atoms with Crippen molar-refractivity contribution < 1.29 is 14.3 Å². The Balaban J connectivity index is 1.69. The molecule has 2 heterocycles. The molecular formula is C21H23N3O4S2. The number of rotatable bonds is 8. The monoisotopic (exact) mass is 445 g/mol. The molecule has 0 saturated carbocycles. The third-order valence-corrected chi connectivity index (χ3v) is 5.96. The number of benzene rings is 1. The Morgan fingerprint density at radius 3 is 2.63 bits per heavy atom. The number of carbonyl (C=O) groups is 2. The summed E-state index contributed by atoms with van der Waals surface area (Å²) < 4.78 is 7.22. The first-order valence-electron chi connectivity index (χ1n) is 9.57. The first-order chi connectivity index (χ1) is 14.4. The van der Waals surface area contributed by atoms with Crippen molar-refractivity contribution in [2.75, 3.05) is 17.7 Å². The topological polar surface area (TPSA) is 90.3 Å². The van der Waals surface area contributed by atoms with Gasteiger partial charge < -0.3 is 10.1 Å². The molecule has 9 heteroatoms. The van der Waals surface area contributed by atoms with E-state index in [0.717, 1.165) is 0 Å². The molecule has 0 aliphatic rings. The zero-order chi connectivity index (χ0) is 21.7. The van der Waals surface area contributed by atoms with Gasteiger partial charge in [-0.3, -0.25) is 14.2 Å². The predicted octanol–water partition coefficient (Wildman–Crippen LogP) is 4.02. The van der Waals surface area contributed by atoms with E-state index in [1.807, 2.05) is 25.3 Å². The van der Waals surface area contributed by atoms with Gasteiger partial charge in [-0.25, -0.2) is 9.78 Å². The highest BCUT2D eigenvalue weighted by Gasteiger charge is 2.15. The molecule has 0 unspecified atom stereocenters. The van der Waals surface area contributed by atoms with E-state index in [1.165, 1.54) is 23.1 Å². The van der Waals surface area contributed by atoms with Crippen LogP contribution in [0.25, 0.3) is 10.2 Å². The van der Waals surface area contributed by atoms with Gasteiger partial charge in [-0.15, -0.1) is 11.3 Å². The second-order valence-electron chi connectivity index (χ2n) is 6.97. The normalized spacial score (nSPS) is 11.1. The smallest absolute Gasteiger partial charge is 0.338 e. The maximum atomic E-state index is 12.8. The van der Waals surface area contributed by atoms with Crippen molar-refractivity contribution in [3.05, 3.63) is 51.6 Å². The van der Waals surface area contributed by atoms with E-state index in [-0.39, 0.29) is 23.1 Å². The van der Waals surface area contributed by atoms with Crippen LogP contribution in [0, 0.1) is 5.92 Å². The van der Waals surface area contributed by atoms with Crippen molar-refractivity contribution in [3.8, 4) is 0 Å². The predicted molar refractivity (Wildman–Crippen MR) is 120 cm³/mol. The number of nitrogens with zero attached hydrogens (tertiary/aromatic N) is 2. The van der Waals surface area contributed by atoms with Gasteiger partial charge in [-0.05, 0) is 48.6 Å². The molecule has 3 rings (SSSR count). The highest BCUT2D eigenvalue weighted by atomic mass is 32.2. The van der Waals surface area contributed by atoms with Crippen LogP contribution in [-0.4, -0.2) is 33.8 Å². The van der Waals surface area contributed by atoms with Gasteiger partial charge in [0.05, 0.1) is 23.4 Å². The van der Waals surface area contributed by atoms with Crippen molar-refractivity contribution in [2.45, 2.75) is 32.5 Å². The lowest BCUT2D eigenvalue weighted by Crippen LogP contribution is -2.25. The zero-order valence-electron chi connectivity index (χ0n) is 17.0. The van der Waals surface area contributed by atoms with Gasteiger partial charge in [0.2, 0.25) is 5.91 Å². The summed E-state index contributed by atoms with van der Waals surface area (Å²) in [4.78, 5) is 41.5. The molecule has 30 heavy (non-hydrogen) atoms. The van der Waals surface area contributed by atoms with Crippen molar-refractivity contribution in [1.82, 2.24) is 9.55 Å². The Bertz CT molecular complexity index is 1100. The summed E-state index contributed by atoms with van der Waals surface area (Å²) in [5.41, 5.74) is 1.59. The van der Waals surface area contributed by atoms with E-state index in [4.69, 9.17) is 4.74 Å². The average Bonchev–Trinajstić information content (AvgIpc) is 3.18. The van der Waals surface area contributed by atoms with Gasteiger partial charge in [0.15, 0.2) is 5.16 Å². The van der Waals surface area contributed by atoms with Crippen LogP contribution < -0.4 is 10.9 Å². The number of esters is 1. The van der Waals surface area contributed by atoms with E-state index >= 15 is 0 Å². The summed E-state index contributed by atoms with van der Waals surface area (Å²) in [6, 6.07) is 8.33. The average molecular weight is 446 g/mol. The van der Waals surface area contributed by atoms with E-state index in [9.17, 15) is 14.4 Å². The summed E-state index contributed by atoms with van der Waals surface area (Å²) in [6.07, 6.45) is 0. The van der Waals surface area contributed by atoms with E-state index in [1.54, 1.807) is 35.8 Å². The van der Waals surface area contributed by atoms with Gasteiger partial charge in [-0.2, -0.15) is 0 Å². The second-order valence-corrected chi connectivity index (χ2v) is 8.83. The molecule has 2 aromatic heterocycles. The molecule has 1 amide bonds. The number of thioether (sulfide) groups is 1. The Labute approximate surface area is 182 Å². The molecular weight excluding hydrogens is 422 g/mol. The molecule has 0 bridgehead atoms. The van der Waals surface area contributed by atoms with E-state index < -0.39 is 5.97 Å². The van der Waals surface area contributed by atoms with Crippen LogP contribution in [0.2, 0.25) is 0 Å². The molecule has 7 nitrogen and oxygen atoms in total. The maximum Gasteiger partial charge on any atom is 0.338 e. The minimum absolute atomic E-state index is 0.0684. The Morgan fingerprint density at radius 1 is 1.23 bits per heavy atom. The number of amides is 1. The van der Waals surface area contributed by atoms with E-state index in [0.29, 0.717) is 39.8 Å².